The number of aromatic nitrogens is 1. The van der Waals surface area contributed by atoms with Gasteiger partial charge < -0.3 is 24.1 Å². The second-order valence-corrected chi connectivity index (χ2v) is 11.2. The van der Waals surface area contributed by atoms with Crippen LogP contribution in [0.15, 0.2) is 95.7 Å². The molecule has 2 heterocycles. The van der Waals surface area contributed by atoms with Gasteiger partial charge in [0.1, 0.15) is 12.3 Å². The van der Waals surface area contributed by atoms with Crippen molar-refractivity contribution in [3.8, 4) is 0 Å². The van der Waals surface area contributed by atoms with Gasteiger partial charge in [0, 0.05) is 55.5 Å². The number of nitrogens with one attached hydrogen (secondary N) is 1. The van der Waals surface area contributed by atoms with Crippen LogP contribution in [0.3, 0.4) is 0 Å². The van der Waals surface area contributed by atoms with E-state index >= 15 is 0 Å². The Morgan fingerprint density at radius 3 is 2.36 bits per heavy atom. The van der Waals surface area contributed by atoms with Gasteiger partial charge in [-0.3, -0.25) is 9.59 Å². The number of amides is 2. The van der Waals surface area contributed by atoms with E-state index in [2.05, 4.69) is 11.1 Å². The predicted molar refractivity (Wildman–Crippen MR) is 168 cm³/mol. The van der Waals surface area contributed by atoms with E-state index in [1.54, 1.807) is 30.5 Å². The minimum atomic E-state index is -0.342. The van der Waals surface area contributed by atoms with Crippen molar-refractivity contribution in [3.63, 3.8) is 0 Å². The Bertz CT molecular complexity index is 1660. The van der Waals surface area contributed by atoms with E-state index in [0.717, 1.165) is 27.7 Å². The van der Waals surface area contributed by atoms with Gasteiger partial charge >= 0.3 is 0 Å². The summed E-state index contributed by atoms with van der Waals surface area (Å²) in [4.78, 5) is 36.3. The summed E-state index contributed by atoms with van der Waals surface area (Å²) < 4.78 is 5.52. The molecule has 0 bridgehead atoms. The highest BCUT2D eigenvalue weighted by atomic mass is 35.5. The van der Waals surface area contributed by atoms with Crippen LogP contribution in [-0.4, -0.2) is 53.8 Å². The normalized spacial score (nSPS) is 11.0. The molecule has 0 atom stereocenters. The summed E-state index contributed by atoms with van der Waals surface area (Å²) in [6.45, 7) is 0.880. The largest absolute Gasteiger partial charge is 0.467 e. The van der Waals surface area contributed by atoms with Crippen molar-refractivity contribution in [3.05, 3.63) is 124 Å². The van der Waals surface area contributed by atoms with Crippen LogP contribution < -0.4 is 4.90 Å². The molecule has 0 aliphatic rings. The first-order valence-electron chi connectivity index (χ1n) is 13.6. The molecule has 2 amide bonds. The quantitative estimate of drug-likeness (QED) is 0.176. The summed E-state index contributed by atoms with van der Waals surface area (Å²) in [6, 6.07) is 24.5. The molecule has 216 valence electrons. The molecule has 0 spiro atoms. The standard InChI is InChI=1S/C33H32Cl2N4O3/c1-37(2)26-12-9-23(10-13-26)20-38(16-15-25-19-36-31-8-4-3-7-28(25)31)32(40)22-39(21-27-6-5-17-42-27)33(41)24-11-14-29(34)30(35)18-24/h3-14,17-19,36H,15-16,20-22H2,1-2H3. The number of anilines is 1. The molecule has 0 radical (unpaired) electrons. The number of aromatic amines is 1. The topological polar surface area (TPSA) is 72.8 Å². The summed E-state index contributed by atoms with van der Waals surface area (Å²) in [7, 11) is 3.98. The Morgan fingerprint density at radius 1 is 0.857 bits per heavy atom. The van der Waals surface area contributed by atoms with Gasteiger partial charge in [-0.15, -0.1) is 0 Å². The molecular formula is C33H32Cl2N4O3. The van der Waals surface area contributed by atoms with Crippen LogP contribution in [-0.2, 0) is 24.3 Å². The van der Waals surface area contributed by atoms with E-state index in [4.69, 9.17) is 27.6 Å². The molecule has 3 aromatic carbocycles. The minimum Gasteiger partial charge on any atom is -0.467 e. The van der Waals surface area contributed by atoms with E-state index in [0.29, 0.717) is 35.9 Å². The van der Waals surface area contributed by atoms with E-state index in [9.17, 15) is 9.59 Å². The first-order valence-corrected chi connectivity index (χ1v) is 14.4. The SMILES string of the molecule is CN(C)c1ccc(CN(CCc2c[nH]c3ccccc23)C(=O)CN(Cc2ccco2)C(=O)c2ccc(Cl)c(Cl)c2)cc1. The fraction of sp³-hybridized carbons (Fsp3) is 0.212. The summed E-state index contributed by atoms with van der Waals surface area (Å²) in [5.74, 6) is 0.0533. The average Bonchev–Trinajstić information content (AvgIpc) is 3.66. The lowest BCUT2D eigenvalue weighted by Crippen LogP contribution is -2.43. The van der Waals surface area contributed by atoms with Gasteiger partial charge in [-0.25, -0.2) is 0 Å². The zero-order valence-electron chi connectivity index (χ0n) is 23.5. The van der Waals surface area contributed by atoms with Gasteiger partial charge in [0.05, 0.1) is 22.9 Å². The Balaban J connectivity index is 1.40. The van der Waals surface area contributed by atoms with Gasteiger partial charge in [-0.1, -0.05) is 53.5 Å². The van der Waals surface area contributed by atoms with Crippen molar-refractivity contribution >= 4 is 51.6 Å². The Labute approximate surface area is 255 Å². The average molecular weight is 604 g/mol. The zero-order chi connectivity index (χ0) is 29.6. The number of furan rings is 1. The molecule has 0 unspecified atom stereocenters. The lowest BCUT2D eigenvalue weighted by atomic mass is 10.1. The Morgan fingerprint density at radius 2 is 1.64 bits per heavy atom. The monoisotopic (exact) mass is 602 g/mol. The number of H-pyrrole nitrogens is 1. The molecule has 0 aliphatic heterocycles. The van der Waals surface area contributed by atoms with E-state index < -0.39 is 0 Å². The van der Waals surface area contributed by atoms with E-state index in [-0.39, 0.29) is 29.9 Å². The van der Waals surface area contributed by atoms with E-state index in [1.165, 1.54) is 11.0 Å². The minimum absolute atomic E-state index is 0.131. The number of carbonyl (C=O) groups excluding carboxylic acids is 2. The van der Waals surface area contributed by atoms with Crippen LogP contribution in [0.5, 0.6) is 0 Å². The molecule has 0 fully saturated rings. The van der Waals surface area contributed by atoms with Crippen molar-refractivity contribution in [2.75, 3.05) is 32.1 Å². The van der Waals surface area contributed by atoms with Gasteiger partial charge in [0.2, 0.25) is 5.91 Å². The molecule has 0 saturated carbocycles. The summed E-state index contributed by atoms with van der Waals surface area (Å²) in [5.41, 5.74) is 4.61. The van der Waals surface area contributed by atoms with Crippen LogP contribution >= 0.6 is 23.2 Å². The number of para-hydroxylation sites is 1. The molecule has 0 saturated heterocycles. The lowest BCUT2D eigenvalue weighted by Gasteiger charge is -2.28. The van der Waals surface area contributed by atoms with Crippen molar-refractivity contribution in [1.82, 2.24) is 14.8 Å². The van der Waals surface area contributed by atoms with Crippen LogP contribution in [0.4, 0.5) is 5.69 Å². The lowest BCUT2D eigenvalue weighted by molar-refractivity contribution is -0.132. The third-order valence-corrected chi connectivity index (χ3v) is 7.95. The number of fused-ring (bicyclic) bond motifs is 1. The fourth-order valence-electron chi connectivity index (χ4n) is 4.87. The van der Waals surface area contributed by atoms with Gasteiger partial charge in [0.25, 0.3) is 5.91 Å². The molecule has 0 aliphatic carbocycles. The number of hydrogen-bond donors (Lipinski definition) is 1. The molecular weight excluding hydrogens is 571 g/mol. The van der Waals surface area contributed by atoms with E-state index in [1.807, 2.05) is 72.6 Å². The maximum atomic E-state index is 14.0. The molecule has 1 N–H and O–H groups in total. The molecule has 5 rings (SSSR count). The maximum absolute atomic E-state index is 14.0. The second kappa shape index (κ2) is 13.2. The Kier molecular flexibility index (Phi) is 9.20. The maximum Gasteiger partial charge on any atom is 0.254 e. The molecule has 9 heteroatoms. The van der Waals surface area contributed by atoms with Crippen molar-refractivity contribution in [1.29, 1.82) is 0 Å². The molecule has 5 aromatic rings. The van der Waals surface area contributed by atoms with Crippen LogP contribution in [0.2, 0.25) is 10.0 Å². The Hall–Kier alpha value is -4.20. The molecule has 2 aromatic heterocycles. The van der Waals surface area contributed by atoms with Gasteiger partial charge in [-0.05, 0) is 66.1 Å². The molecule has 42 heavy (non-hydrogen) atoms. The number of rotatable bonds is 11. The summed E-state index contributed by atoms with van der Waals surface area (Å²) in [6.07, 6.45) is 4.20. The smallest absolute Gasteiger partial charge is 0.254 e. The fourth-order valence-corrected chi connectivity index (χ4v) is 5.17. The number of benzene rings is 3. The summed E-state index contributed by atoms with van der Waals surface area (Å²) in [5, 5.41) is 1.76. The molecule has 7 nitrogen and oxygen atoms in total. The number of halogens is 2. The highest BCUT2D eigenvalue weighted by Crippen LogP contribution is 2.24. The number of carbonyl (C=O) groups is 2. The third-order valence-electron chi connectivity index (χ3n) is 7.21. The number of nitrogens with zero attached hydrogens (tertiary/aromatic N) is 3. The highest BCUT2D eigenvalue weighted by molar-refractivity contribution is 6.42. The third kappa shape index (κ3) is 6.98. The van der Waals surface area contributed by atoms with Crippen molar-refractivity contribution < 1.29 is 14.0 Å². The van der Waals surface area contributed by atoms with Crippen molar-refractivity contribution in [2.24, 2.45) is 0 Å². The van der Waals surface area contributed by atoms with Crippen molar-refractivity contribution in [2.45, 2.75) is 19.5 Å². The van der Waals surface area contributed by atoms with Crippen LogP contribution in [0.1, 0.15) is 27.2 Å². The summed E-state index contributed by atoms with van der Waals surface area (Å²) >= 11 is 12.3. The van der Waals surface area contributed by atoms with Gasteiger partial charge in [0.15, 0.2) is 0 Å². The van der Waals surface area contributed by atoms with Crippen LogP contribution in [0.25, 0.3) is 10.9 Å². The zero-order valence-corrected chi connectivity index (χ0v) is 25.0. The first-order chi connectivity index (χ1) is 20.3. The van der Waals surface area contributed by atoms with Gasteiger partial charge in [-0.2, -0.15) is 0 Å². The van der Waals surface area contributed by atoms with Crippen LogP contribution in [0, 0.1) is 0 Å². The first kappa shape index (κ1) is 29.3. The predicted octanol–water partition coefficient (Wildman–Crippen LogP) is 7.05. The second-order valence-electron chi connectivity index (χ2n) is 10.4. The number of hydrogen-bond acceptors (Lipinski definition) is 4. The highest BCUT2D eigenvalue weighted by Gasteiger charge is 2.24.